The van der Waals surface area contributed by atoms with E-state index in [4.69, 9.17) is 4.74 Å². The number of ketones is 1. The Balaban J connectivity index is 3.14. The zero-order valence-electron chi connectivity index (χ0n) is 20.0. The van der Waals surface area contributed by atoms with Crippen LogP contribution in [0.4, 0.5) is 39.5 Å². The van der Waals surface area contributed by atoms with Gasteiger partial charge in [-0.25, -0.2) is 25.3 Å². The van der Waals surface area contributed by atoms with E-state index in [2.05, 4.69) is 0 Å². The van der Waals surface area contributed by atoms with Gasteiger partial charge in [0.05, 0.1) is 7.11 Å². The number of carbonyl (C=O) groups is 1. The topological polar surface area (TPSA) is 129 Å². The van der Waals surface area contributed by atoms with Crippen LogP contribution in [0.15, 0.2) is 36.4 Å². The maximum absolute atomic E-state index is 13.7. The van der Waals surface area contributed by atoms with E-state index >= 15 is 0 Å². The van der Waals surface area contributed by atoms with Crippen molar-refractivity contribution in [2.24, 2.45) is 0 Å². The molecule has 0 unspecified atom stereocenters. The first kappa shape index (κ1) is 33.9. The third-order valence-electron chi connectivity index (χ3n) is 5.47. The van der Waals surface area contributed by atoms with Crippen LogP contribution in [0.3, 0.4) is 0 Å². The van der Waals surface area contributed by atoms with Gasteiger partial charge in [0.2, 0.25) is 0 Å². The number of fused-ring (bicyclic) bond motifs is 1. The average molecular weight is 673 g/mol. The van der Waals surface area contributed by atoms with Crippen molar-refractivity contribution in [1.82, 2.24) is 0 Å². The standard InChI is InChI=1S/C19H17F9O8S4/c1-36-15-9-8-12(11-6-4-5-7-13(11)15)14(29)10-37(2,3)19(38(30,31)16(20,21)22,39(32,33)17(23,24)25)40(34,35)18(26,27)28/h4-9H,10H2,1-3H3. The Morgan fingerprint density at radius 3 is 1.40 bits per heavy atom. The summed E-state index contributed by atoms with van der Waals surface area (Å²) < 4.78 is 197. The van der Waals surface area contributed by atoms with Crippen molar-refractivity contribution >= 4 is 56.1 Å². The Kier molecular flexibility index (Phi) is 8.43. The minimum Gasteiger partial charge on any atom is -0.496 e. The Morgan fingerprint density at radius 2 is 1.05 bits per heavy atom. The third kappa shape index (κ3) is 4.71. The molecule has 0 aliphatic carbocycles. The minimum absolute atomic E-state index is 0.0760. The first-order chi connectivity index (χ1) is 17.7. The summed E-state index contributed by atoms with van der Waals surface area (Å²) in [6, 6.07) is 7.12. The van der Waals surface area contributed by atoms with Crippen LogP contribution in [-0.4, -0.2) is 75.7 Å². The second kappa shape index (κ2) is 9.93. The average Bonchev–Trinajstić information content (AvgIpc) is 2.75. The molecule has 0 saturated heterocycles. The molecule has 0 aliphatic rings. The first-order valence-corrected chi connectivity index (χ1v) is 17.0. The molecule has 0 radical (unpaired) electrons. The van der Waals surface area contributed by atoms with Gasteiger partial charge in [-0.1, -0.05) is 24.3 Å². The van der Waals surface area contributed by atoms with E-state index in [1.165, 1.54) is 31.4 Å². The molecule has 8 nitrogen and oxygen atoms in total. The lowest BCUT2D eigenvalue weighted by molar-refractivity contribution is -0.0497. The van der Waals surface area contributed by atoms with Crippen LogP contribution in [0.2, 0.25) is 0 Å². The van der Waals surface area contributed by atoms with Gasteiger partial charge < -0.3 is 4.74 Å². The number of hydrogen-bond donors (Lipinski definition) is 0. The molecule has 2 rings (SSSR count). The normalized spacial score (nSPS) is 15.2. The lowest BCUT2D eigenvalue weighted by Gasteiger charge is -2.47. The largest absolute Gasteiger partial charge is 0.500 e. The van der Waals surface area contributed by atoms with Gasteiger partial charge in [-0.3, -0.25) is 4.79 Å². The van der Waals surface area contributed by atoms with Crippen LogP contribution in [0.5, 0.6) is 5.75 Å². The molecule has 0 amide bonds. The summed E-state index contributed by atoms with van der Waals surface area (Å²) in [5.41, 5.74) is -22.5. The number of benzene rings is 2. The maximum atomic E-state index is 13.7. The van der Waals surface area contributed by atoms with Crippen molar-refractivity contribution in [3.8, 4) is 5.75 Å². The molecule has 228 valence electrons. The molecule has 0 N–H and O–H groups in total. The zero-order chi connectivity index (χ0) is 31.5. The Hall–Kier alpha value is -2.26. The van der Waals surface area contributed by atoms with Crippen molar-refractivity contribution in [3.63, 3.8) is 0 Å². The van der Waals surface area contributed by atoms with Crippen LogP contribution in [0.25, 0.3) is 10.8 Å². The van der Waals surface area contributed by atoms with Crippen LogP contribution in [-0.2, 0) is 29.5 Å². The molecule has 0 fully saturated rings. The fraction of sp³-hybridized carbons (Fsp3) is 0.421. The quantitative estimate of drug-likeness (QED) is 0.296. The van der Waals surface area contributed by atoms with Crippen LogP contribution < -0.4 is 4.74 Å². The van der Waals surface area contributed by atoms with E-state index in [-0.39, 0.29) is 29.0 Å². The molecule has 2 aromatic carbocycles. The summed E-state index contributed by atoms with van der Waals surface area (Å²) in [5, 5.41) is -0.0349. The second-order valence-electron chi connectivity index (χ2n) is 8.31. The highest BCUT2D eigenvalue weighted by atomic mass is 32.4. The summed E-state index contributed by atoms with van der Waals surface area (Å²) in [6.07, 6.45) is -0.320. The van der Waals surface area contributed by atoms with Crippen LogP contribution in [0, 0.1) is 0 Å². The number of rotatable bonds is 8. The van der Waals surface area contributed by atoms with E-state index in [9.17, 15) is 69.6 Å². The van der Waals surface area contributed by atoms with Crippen molar-refractivity contribution in [3.05, 3.63) is 42.0 Å². The zero-order valence-corrected chi connectivity index (χ0v) is 23.2. The Bertz CT molecular complexity index is 1550. The number of methoxy groups -OCH3 is 1. The summed E-state index contributed by atoms with van der Waals surface area (Å²) in [7, 11) is -29.8. The molecular formula is C19H17F9O8S4. The molecule has 0 aromatic heterocycles. The Morgan fingerprint density at radius 1 is 0.675 bits per heavy atom. The van der Waals surface area contributed by atoms with Crippen LogP contribution >= 0.6 is 10.0 Å². The summed E-state index contributed by atoms with van der Waals surface area (Å²) in [6.45, 7) is 0. The van der Waals surface area contributed by atoms with Crippen molar-refractivity contribution in [2.45, 2.75) is 19.3 Å². The number of halogens is 9. The van der Waals surface area contributed by atoms with Gasteiger partial charge in [-0.05, 0) is 30.0 Å². The second-order valence-corrected chi connectivity index (χ2v) is 20.1. The monoisotopic (exact) mass is 672 g/mol. The number of Topliss-reactive ketones (excluding diaryl/α,β-unsaturated/α-hetero) is 1. The summed E-state index contributed by atoms with van der Waals surface area (Å²) >= 11 is 0. The van der Waals surface area contributed by atoms with Crippen molar-refractivity contribution in [1.29, 1.82) is 0 Å². The number of carbonyl (C=O) groups excluding carboxylic acids is 1. The summed E-state index contributed by atoms with van der Waals surface area (Å²) in [5.74, 6) is -3.68. The lowest BCUT2D eigenvalue weighted by Crippen LogP contribution is -2.65. The number of alkyl halides is 9. The van der Waals surface area contributed by atoms with Crippen LogP contribution in [0.1, 0.15) is 10.4 Å². The number of sulfone groups is 3. The molecule has 0 aliphatic heterocycles. The number of hydrogen-bond acceptors (Lipinski definition) is 8. The molecule has 0 spiro atoms. The van der Waals surface area contributed by atoms with Crippen molar-refractivity contribution in [2.75, 3.05) is 25.4 Å². The Labute approximate surface area is 222 Å². The minimum atomic E-state index is -8.47. The fourth-order valence-corrected chi connectivity index (χ4v) is 19.4. The molecule has 0 saturated carbocycles. The van der Waals surface area contributed by atoms with E-state index < -0.39 is 75.9 Å². The molecule has 40 heavy (non-hydrogen) atoms. The SMILES string of the molecule is COc1ccc(C(=O)CS(C)(C)C(S(=O)(=O)C(F)(F)F)(S(=O)(=O)C(F)(F)F)S(=O)(=O)C(F)(F)F)c2ccccc12. The van der Waals surface area contributed by atoms with E-state index in [1.807, 2.05) is 0 Å². The van der Waals surface area contributed by atoms with Gasteiger partial charge in [0.15, 0.2) is 5.78 Å². The number of ether oxygens (including phenoxy) is 1. The molecular weight excluding hydrogens is 655 g/mol. The predicted molar refractivity (Wildman–Crippen MR) is 127 cm³/mol. The third-order valence-corrected chi connectivity index (χ3v) is 21.6. The predicted octanol–water partition coefficient (Wildman–Crippen LogP) is 4.51. The molecule has 0 heterocycles. The van der Waals surface area contributed by atoms with Gasteiger partial charge in [-0.15, -0.1) is 0 Å². The highest BCUT2D eigenvalue weighted by Crippen LogP contribution is 2.68. The lowest BCUT2D eigenvalue weighted by atomic mass is 10.0. The highest BCUT2D eigenvalue weighted by Gasteiger charge is 2.87. The van der Waals surface area contributed by atoms with Crippen molar-refractivity contribution < 1.29 is 74.3 Å². The van der Waals surface area contributed by atoms with E-state index in [0.29, 0.717) is 0 Å². The van der Waals surface area contributed by atoms with E-state index in [1.54, 1.807) is 0 Å². The van der Waals surface area contributed by atoms with Gasteiger partial charge in [-0.2, -0.15) is 49.5 Å². The van der Waals surface area contributed by atoms with Gasteiger partial charge >= 0.3 is 19.3 Å². The smallest absolute Gasteiger partial charge is 0.496 e. The summed E-state index contributed by atoms with van der Waals surface area (Å²) in [4.78, 5) is 13.2. The van der Waals surface area contributed by atoms with E-state index in [0.717, 1.165) is 12.1 Å². The molecule has 21 heteroatoms. The fourth-order valence-electron chi connectivity index (χ4n) is 3.94. The first-order valence-electron chi connectivity index (χ1n) is 9.89. The maximum Gasteiger partial charge on any atom is 0.500 e. The van der Waals surface area contributed by atoms with Gasteiger partial charge in [0, 0.05) is 16.7 Å². The van der Waals surface area contributed by atoms with Gasteiger partial charge in [0.1, 0.15) is 5.75 Å². The van der Waals surface area contributed by atoms with Gasteiger partial charge in [0.25, 0.3) is 29.5 Å². The highest BCUT2D eigenvalue weighted by molar-refractivity contribution is 8.55. The molecule has 2 aromatic rings. The molecule has 0 bridgehead atoms. The molecule has 0 atom stereocenters.